The molecule has 106 valence electrons. The number of hydrogen-bond donors (Lipinski definition) is 1. The van der Waals surface area contributed by atoms with E-state index in [0.717, 1.165) is 36.8 Å². The minimum Gasteiger partial charge on any atom is -0.370 e. The third kappa shape index (κ3) is 4.10. The monoisotopic (exact) mass is 279 g/mol. The second-order valence-electron chi connectivity index (χ2n) is 6.05. The number of rotatable bonds is 4. The van der Waals surface area contributed by atoms with E-state index in [0.29, 0.717) is 0 Å². The first-order valence-corrected chi connectivity index (χ1v) is 8.24. The van der Waals surface area contributed by atoms with Gasteiger partial charge < -0.3 is 5.32 Å². The summed E-state index contributed by atoms with van der Waals surface area (Å²) in [6.45, 7) is 9.76. The summed E-state index contributed by atoms with van der Waals surface area (Å²) < 4.78 is 0.262. The molecule has 0 amide bonds. The van der Waals surface area contributed by atoms with Crippen molar-refractivity contribution in [2.45, 2.75) is 63.9 Å². The van der Waals surface area contributed by atoms with Gasteiger partial charge in [-0.15, -0.1) is 11.8 Å². The third-order valence-electron chi connectivity index (χ3n) is 3.21. The van der Waals surface area contributed by atoms with Gasteiger partial charge in [0.05, 0.1) is 5.75 Å². The maximum Gasteiger partial charge on any atom is 0.140 e. The summed E-state index contributed by atoms with van der Waals surface area (Å²) in [4.78, 5) is 9.52. The Morgan fingerprint density at radius 3 is 2.58 bits per heavy atom. The molecule has 1 aliphatic carbocycles. The van der Waals surface area contributed by atoms with Crippen LogP contribution in [0.3, 0.4) is 0 Å². The van der Waals surface area contributed by atoms with Crippen LogP contribution in [-0.4, -0.2) is 21.3 Å². The Labute approximate surface area is 121 Å². The normalized spacial score (nSPS) is 15.2. The van der Waals surface area contributed by atoms with Crippen LogP contribution in [0.25, 0.3) is 0 Å². The lowest BCUT2D eigenvalue weighted by Gasteiger charge is -2.21. The van der Waals surface area contributed by atoms with E-state index in [4.69, 9.17) is 9.97 Å². The SMILES string of the molecule is CCNc1nc(CSC(C)(C)C)nc2c1CCCC2. The molecule has 2 rings (SSSR count). The van der Waals surface area contributed by atoms with Crippen LogP contribution in [0.2, 0.25) is 0 Å². The van der Waals surface area contributed by atoms with E-state index in [-0.39, 0.29) is 4.75 Å². The van der Waals surface area contributed by atoms with Crippen LogP contribution in [0.15, 0.2) is 0 Å². The van der Waals surface area contributed by atoms with Crippen molar-refractivity contribution in [3.05, 3.63) is 17.1 Å². The van der Waals surface area contributed by atoms with Crippen molar-refractivity contribution in [3.63, 3.8) is 0 Å². The predicted octanol–water partition coefficient (Wildman–Crippen LogP) is 3.82. The van der Waals surface area contributed by atoms with Gasteiger partial charge in [-0.1, -0.05) is 20.8 Å². The third-order valence-corrected chi connectivity index (χ3v) is 4.48. The number of aromatic nitrogens is 2. The summed E-state index contributed by atoms with van der Waals surface area (Å²) in [5, 5.41) is 3.41. The molecule has 0 saturated heterocycles. The number of aryl methyl sites for hydroxylation is 1. The van der Waals surface area contributed by atoms with Crippen molar-refractivity contribution < 1.29 is 0 Å². The Kier molecular flexibility index (Phi) is 4.71. The molecule has 1 aromatic rings. The van der Waals surface area contributed by atoms with E-state index in [1.807, 2.05) is 11.8 Å². The predicted molar refractivity (Wildman–Crippen MR) is 83.9 cm³/mol. The lowest BCUT2D eigenvalue weighted by molar-refractivity contribution is 0.658. The Morgan fingerprint density at radius 2 is 1.89 bits per heavy atom. The molecule has 1 heterocycles. The number of fused-ring (bicyclic) bond motifs is 1. The Bertz CT molecular complexity index is 438. The molecule has 3 nitrogen and oxygen atoms in total. The second kappa shape index (κ2) is 6.12. The Hall–Kier alpha value is -0.770. The van der Waals surface area contributed by atoms with Crippen molar-refractivity contribution >= 4 is 17.6 Å². The number of thioether (sulfide) groups is 1. The average molecular weight is 279 g/mol. The zero-order valence-electron chi connectivity index (χ0n) is 12.5. The highest BCUT2D eigenvalue weighted by Gasteiger charge is 2.18. The van der Waals surface area contributed by atoms with Gasteiger partial charge in [0.1, 0.15) is 11.6 Å². The van der Waals surface area contributed by atoms with Gasteiger partial charge >= 0.3 is 0 Å². The maximum atomic E-state index is 4.79. The quantitative estimate of drug-likeness (QED) is 0.909. The van der Waals surface area contributed by atoms with Crippen LogP contribution in [0, 0.1) is 0 Å². The fraction of sp³-hybridized carbons (Fsp3) is 0.733. The number of nitrogens with zero attached hydrogens (tertiary/aromatic N) is 2. The first-order chi connectivity index (χ1) is 8.99. The van der Waals surface area contributed by atoms with Gasteiger partial charge in [-0.05, 0) is 32.6 Å². The molecule has 1 aromatic heterocycles. The van der Waals surface area contributed by atoms with Crippen LogP contribution in [0.1, 0.15) is 57.6 Å². The Morgan fingerprint density at radius 1 is 1.16 bits per heavy atom. The van der Waals surface area contributed by atoms with Crippen molar-refractivity contribution in [2.24, 2.45) is 0 Å². The molecule has 0 fully saturated rings. The first kappa shape index (κ1) is 14.6. The summed E-state index contributed by atoms with van der Waals surface area (Å²) in [6.07, 6.45) is 4.78. The fourth-order valence-corrected chi connectivity index (χ4v) is 3.00. The lowest BCUT2D eigenvalue weighted by atomic mass is 9.96. The van der Waals surface area contributed by atoms with Crippen molar-refractivity contribution in [3.8, 4) is 0 Å². The summed E-state index contributed by atoms with van der Waals surface area (Å²) in [6, 6.07) is 0. The molecule has 0 bridgehead atoms. The van der Waals surface area contributed by atoms with Gasteiger partial charge in [0.15, 0.2) is 0 Å². The molecule has 0 saturated carbocycles. The highest BCUT2D eigenvalue weighted by atomic mass is 32.2. The molecule has 1 aliphatic rings. The molecule has 1 N–H and O–H groups in total. The molecule has 0 spiro atoms. The first-order valence-electron chi connectivity index (χ1n) is 7.26. The molecule has 0 atom stereocenters. The molecule has 4 heteroatoms. The number of anilines is 1. The average Bonchev–Trinajstić information content (AvgIpc) is 2.36. The van der Waals surface area contributed by atoms with E-state index in [1.54, 1.807) is 0 Å². The molecular weight excluding hydrogens is 254 g/mol. The second-order valence-corrected chi connectivity index (χ2v) is 7.85. The fourth-order valence-electron chi connectivity index (χ4n) is 2.30. The largest absolute Gasteiger partial charge is 0.370 e. The van der Waals surface area contributed by atoms with Crippen LogP contribution < -0.4 is 5.32 Å². The Balaban J connectivity index is 2.22. The highest BCUT2D eigenvalue weighted by Crippen LogP contribution is 2.29. The summed E-state index contributed by atoms with van der Waals surface area (Å²) in [5.41, 5.74) is 2.64. The van der Waals surface area contributed by atoms with Crippen molar-refractivity contribution in [1.29, 1.82) is 0 Å². The zero-order chi connectivity index (χ0) is 13.9. The van der Waals surface area contributed by atoms with Gasteiger partial charge in [-0.3, -0.25) is 0 Å². The van der Waals surface area contributed by atoms with Crippen molar-refractivity contribution in [1.82, 2.24) is 9.97 Å². The van der Waals surface area contributed by atoms with Gasteiger partial charge in [-0.25, -0.2) is 9.97 Å². The molecular formula is C15H25N3S. The highest BCUT2D eigenvalue weighted by molar-refractivity contribution is 7.99. The van der Waals surface area contributed by atoms with Gasteiger partial charge in [0.2, 0.25) is 0 Å². The molecule has 0 radical (unpaired) electrons. The van der Waals surface area contributed by atoms with Gasteiger partial charge in [0, 0.05) is 22.5 Å². The molecule has 19 heavy (non-hydrogen) atoms. The lowest BCUT2D eigenvalue weighted by Crippen LogP contribution is -2.15. The molecule has 0 unspecified atom stereocenters. The molecule has 0 aromatic carbocycles. The topological polar surface area (TPSA) is 37.8 Å². The minimum absolute atomic E-state index is 0.262. The van der Waals surface area contributed by atoms with E-state index in [2.05, 4.69) is 33.0 Å². The zero-order valence-corrected chi connectivity index (χ0v) is 13.4. The number of nitrogens with one attached hydrogen (secondary N) is 1. The molecule has 0 aliphatic heterocycles. The maximum absolute atomic E-state index is 4.79. The van der Waals surface area contributed by atoms with Gasteiger partial charge in [0.25, 0.3) is 0 Å². The van der Waals surface area contributed by atoms with Crippen LogP contribution >= 0.6 is 11.8 Å². The van der Waals surface area contributed by atoms with Crippen molar-refractivity contribution in [2.75, 3.05) is 11.9 Å². The standard InChI is InChI=1S/C15H25N3S/c1-5-16-14-11-8-6-7-9-12(11)17-13(18-14)10-19-15(2,3)4/h5-10H2,1-4H3,(H,16,17,18). The summed E-state index contributed by atoms with van der Waals surface area (Å²) >= 11 is 1.91. The van der Waals surface area contributed by atoms with E-state index < -0.39 is 0 Å². The summed E-state index contributed by atoms with van der Waals surface area (Å²) in [7, 11) is 0. The van der Waals surface area contributed by atoms with E-state index in [1.165, 1.54) is 24.1 Å². The van der Waals surface area contributed by atoms with E-state index in [9.17, 15) is 0 Å². The van der Waals surface area contributed by atoms with Crippen LogP contribution in [0.5, 0.6) is 0 Å². The number of hydrogen-bond acceptors (Lipinski definition) is 4. The summed E-state index contributed by atoms with van der Waals surface area (Å²) in [5.74, 6) is 2.96. The van der Waals surface area contributed by atoms with E-state index >= 15 is 0 Å². The van der Waals surface area contributed by atoms with Crippen LogP contribution in [0.4, 0.5) is 5.82 Å². The smallest absolute Gasteiger partial charge is 0.140 e. The minimum atomic E-state index is 0.262. The van der Waals surface area contributed by atoms with Gasteiger partial charge in [-0.2, -0.15) is 0 Å². The van der Waals surface area contributed by atoms with Crippen LogP contribution in [-0.2, 0) is 18.6 Å².